The molecule has 0 heterocycles. The molecule has 0 aromatic heterocycles. The number of hydrogen-bond acceptors (Lipinski definition) is 2. The average Bonchev–Trinajstić information content (AvgIpc) is 2.41. The molecule has 0 amide bonds. The maximum Gasteiger partial charge on any atom is 0.163 e. The Morgan fingerprint density at radius 1 is 1.11 bits per heavy atom. The van der Waals surface area contributed by atoms with Crippen LogP contribution >= 0.6 is 11.8 Å². The van der Waals surface area contributed by atoms with E-state index in [0.717, 1.165) is 5.75 Å². The van der Waals surface area contributed by atoms with Gasteiger partial charge >= 0.3 is 0 Å². The van der Waals surface area contributed by atoms with E-state index in [9.17, 15) is 9.18 Å². The molecule has 0 atom stereocenters. The van der Waals surface area contributed by atoms with Gasteiger partial charge in [0.2, 0.25) is 0 Å². The van der Waals surface area contributed by atoms with Crippen LogP contribution in [0, 0.1) is 12.7 Å². The van der Waals surface area contributed by atoms with Gasteiger partial charge in [-0.1, -0.05) is 18.2 Å². The van der Waals surface area contributed by atoms with Gasteiger partial charge in [0.1, 0.15) is 5.82 Å². The van der Waals surface area contributed by atoms with Crippen molar-refractivity contribution in [1.82, 2.24) is 0 Å². The van der Waals surface area contributed by atoms with E-state index in [1.54, 1.807) is 11.8 Å². The molecular weight excluding hydrogens is 259 g/mol. The van der Waals surface area contributed by atoms with Gasteiger partial charge in [-0.2, -0.15) is 0 Å². The fourth-order valence-electron chi connectivity index (χ4n) is 1.75. The fraction of sp³-hybridized carbons (Fsp3) is 0.188. The van der Waals surface area contributed by atoms with E-state index in [-0.39, 0.29) is 11.6 Å². The van der Waals surface area contributed by atoms with Gasteiger partial charge in [0.05, 0.1) is 0 Å². The summed E-state index contributed by atoms with van der Waals surface area (Å²) in [5, 5.41) is 0. The molecule has 0 aliphatic carbocycles. The largest absolute Gasteiger partial charge is 0.294 e. The summed E-state index contributed by atoms with van der Waals surface area (Å²) in [4.78, 5) is 13.1. The molecule has 0 saturated heterocycles. The first kappa shape index (κ1) is 13.8. The first-order valence-corrected chi connectivity index (χ1v) is 7.12. The number of ketones is 1. The van der Waals surface area contributed by atoms with Crippen LogP contribution < -0.4 is 0 Å². The molecule has 0 saturated carbocycles. The lowest BCUT2D eigenvalue weighted by atomic mass is 10.1. The molecule has 3 heteroatoms. The molecule has 0 bridgehead atoms. The number of carbonyl (C=O) groups excluding carboxylic acids is 1. The summed E-state index contributed by atoms with van der Waals surface area (Å²) in [7, 11) is 0. The predicted molar refractivity (Wildman–Crippen MR) is 77.3 cm³/mol. The van der Waals surface area contributed by atoms with Gasteiger partial charge in [0, 0.05) is 22.6 Å². The van der Waals surface area contributed by atoms with Crippen molar-refractivity contribution in [3.63, 3.8) is 0 Å². The van der Waals surface area contributed by atoms with Crippen molar-refractivity contribution in [2.24, 2.45) is 0 Å². The van der Waals surface area contributed by atoms with E-state index in [2.05, 4.69) is 19.1 Å². The van der Waals surface area contributed by atoms with Crippen LogP contribution in [0.25, 0.3) is 0 Å². The SMILES string of the molecule is Cc1ccccc1SCCC(=O)c1ccc(F)cc1. The summed E-state index contributed by atoms with van der Waals surface area (Å²) in [6.45, 7) is 2.06. The van der Waals surface area contributed by atoms with Gasteiger partial charge in [0.25, 0.3) is 0 Å². The van der Waals surface area contributed by atoms with Crippen molar-refractivity contribution in [3.05, 3.63) is 65.5 Å². The topological polar surface area (TPSA) is 17.1 Å². The highest BCUT2D eigenvalue weighted by Crippen LogP contribution is 2.23. The van der Waals surface area contributed by atoms with Gasteiger partial charge in [-0.3, -0.25) is 4.79 Å². The van der Waals surface area contributed by atoms with Gasteiger partial charge in [-0.25, -0.2) is 4.39 Å². The minimum absolute atomic E-state index is 0.0566. The van der Waals surface area contributed by atoms with E-state index in [1.165, 1.54) is 34.7 Å². The smallest absolute Gasteiger partial charge is 0.163 e. The molecule has 0 unspecified atom stereocenters. The van der Waals surface area contributed by atoms with E-state index in [1.807, 2.05) is 12.1 Å². The summed E-state index contributed by atoms with van der Waals surface area (Å²) in [5.74, 6) is 0.480. The standard InChI is InChI=1S/C16H15FOS/c1-12-4-2-3-5-16(12)19-11-10-15(18)13-6-8-14(17)9-7-13/h2-9H,10-11H2,1H3. The zero-order valence-corrected chi connectivity index (χ0v) is 11.5. The summed E-state index contributed by atoms with van der Waals surface area (Å²) in [6.07, 6.45) is 0.463. The Morgan fingerprint density at radius 2 is 1.79 bits per heavy atom. The third-order valence-corrected chi connectivity index (χ3v) is 4.02. The Bertz CT molecular complexity index is 563. The highest BCUT2D eigenvalue weighted by molar-refractivity contribution is 7.99. The third-order valence-electron chi connectivity index (χ3n) is 2.85. The number of thioether (sulfide) groups is 1. The average molecular weight is 274 g/mol. The second-order valence-electron chi connectivity index (χ2n) is 4.29. The second-order valence-corrected chi connectivity index (χ2v) is 5.43. The lowest BCUT2D eigenvalue weighted by Gasteiger charge is -2.05. The van der Waals surface area contributed by atoms with E-state index >= 15 is 0 Å². The van der Waals surface area contributed by atoms with E-state index in [0.29, 0.717) is 12.0 Å². The number of benzene rings is 2. The molecular formula is C16H15FOS. The lowest BCUT2D eigenvalue weighted by Crippen LogP contribution is -2.00. The molecule has 98 valence electrons. The van der Waals surface area contributed by atoms with Crippen LogP contribution in [0.15, 0.2) is 53.4 Å². The number of Topliss-reactive ketones (excluding diaryl/α,β-unsaturated/α-hetero) is 1. The molecule has 2 aromatic rings. The van der Waals surface area contributed by atoms with Gasteiger partial charge in [0.15, 0.2) is 5.78 Å². The molecule has 1 nitrogen and oxygen atoms in total. The van der Waals surface area contributed by atoms with Crippen LogP contribution in [0.2, 0.25) is 0 Å². The van der Waals surface area contributed by atoms with Crippen molar-refractivity contribution in [2.45, 2.75) is 18.2 Å². The maximum atomic E-state index is 12.8. The Morgan fingerprint density at radius 3 is 2.47 bits per heavy atom. The monoisotopic (exact) mass is 274 g/mol. The van der Waals surface area contributed by atoms with Crippen LogP contribution in [0.4, 0.5) is 4.39 Å². The first-order chi connectivity index (χ1) is 9.16. The molecule has 0 N–H and O–H groups in total. The number of carbonyl (C=O) groups is 1. The first-order valence-electron chi connectivity index (χ1n) is 6.14. The summed E-state index contributed by atoms with van der Waals surface area (Å²) < 4.78 is 12.8. The lowest BCUT2D eigenvalue weighted by molar-refractivity contribution is 0.0989. The zero-order valence-electron chi connectivity index (χ0n) is 10.7. The van der Waals surface area contributed by atoms with Crippen molar-refractivity contribution >= 4 is 17.5 Å². The molecule has 0 spiro atoms. The zero-order chi connectivity index (χ0) is 13.7. The minimum atomic E-state index is -0.314. The maximum absolute atomic E-state index is 12.8. The summed E-state index contributed by atoms with van der Waals surface area (Å²) in [6, 6.07) is 13.8. The molecule has 0 fully saturated rings. The second kappa shape index (κ2) is 6.53. The van der Waals surface area contributed by atoms with Crippen molar-refractivity contribution in [2.75, 3.05) is 5.75 Å². The molecule has 2 rings (SSSR count). The number of aryl methyl sites for hydroxylation is 1. The normalized spacial score (nSPS) is 10.4. The highest BCUT2D eigenvalue weighted by atomic mass is 32.2. The Labute approximate surface area is 116 Å². The number of hydrogen-bond donors (Lipinski definition) is 0. The van der Waals surface area contributed by atoms with Crippen LogP contribution in [0.1, 0.15) is 22.3 Å². The molecule has 19 heavy (non-hydrogen) atoms. The van der Waals surface area contributed by atoms with Crippen LogP contribution in [-0.4, -0.2) is 11.5 Å². The predicted octanol–water partition coefficient (Wildman–Crippen LogP) is 4.50. The summed E-state index contributed by atoms with van der Waals surface area (Å²) >= 11 is 1.68. The van der Waals surface area contributed by atoms with Crippen LogP contribution in [0.3, 0.4) is 0 Å². The van der Waals surface area contributed by atoms with Gasteiger partial charge in [-0.05, 0) is 42.8 Å². The molecule has 0 aliphatic heterocycles. The quantitative estimate of drug-likeness (QED) is 0.590. The van der Waals surface area contributed by atoms with Gasteiger partial charge < -0.3 is 0 Å². The third kappa shape index (κ3) is 3.93. The van der Waals surface area contributed by atoms with Crippen LogP contribution in [0.5, 0.6) is 0 Å². The van der Waals surface area contributed by atoms with E-state index in [4.69, 9.17) is 0 Å². The minimum Gasteiger partial charge on any atom is -0.294 e. The fourth-order valence-corrected chi connectivity index (χ4v) is 2.73. The van der Waals surface area contributed by atoms with Crippen LogP contribution in [-0.2, 0) is 0 Å². The molecule has 2 aromatic carbocycles. The summed E-state index contributed by atoms with van der Waals surface area (Å²) in [5.41, 5.74) is 1.80. The molecule has 0 aliphatic rings. The van der Waals surface area contributed by atoms with Gasteiger partial charge in [-0.15, -0.1) is 11.8 Å². The Hall–Kier alpha value is -1.61. The van der Waals surface area contributed by atoms with Crippen molar-refractivity contribution in [3.8, 4) is 0 Å². The van der Waals surface area contributed by atoms with Crippen molar-refractivity contribution in [1.29, 1.82) is 0 Å². The van der Waals surface area contributed by atoms with E-state index < -0.39 is 0 Å². The Balaban J connectivity index is 1.88. The number of halogens is 1. The highest BCUT2D eigenvalue weighted by Gasteiger charge is 2.06. The Kier molecular flexibility index (Phi) is 4.74. The molecule has 0 radical (unpaired) electrons. The number of rotatable bonds is 5. The van der Waals surface area contributed by atoms with Crippen molar-refractivity contribution < 1.29 is 9.18 Å².